The number of amides is 5. The molecule has 5 amide bonds. The molecule has 0 aliphatic carbocycles. The molecule has 0 aromatic rings. The lowest BCUT2D eigenvalue weighted by Crippen LogP contribution is -2.57. The van der Waals surface area contributed by atoms with Crippen LogP contribution in [0.25, 0.3) is 0 Å². The van der Waals surface area contributed by atoms with Crippen molar-refractivity contribution in [1.29, 1.82) is 0 Å². The zero-order valence-electron chi connectivity index (χ0n) is 18.1. The molecule has 15 nitrogen and oxygen atoms in total. The molecular weight excluding hydrogens is 442 g/mol. The fraction of sp³-hybridized carbons (Fsp3) is 0.667. The first-order valence-corrected chi connectivity index (χ1v) is 10.2. The van der Waals surface area contributed by atoms with Gasteiger partial charge in [0.15, 0.2) is 0 Å². The van der Waals surface area contributed by atoms with E-state index < -0.39 is 72.7 Å². The van der Waals surface area contributed by atoms with E-state index in [9.17, 15) is 33.9 Å². The Balaban J connectivity index is 5.53. The number of nitrogens with one attached hydrogen (secondary N) is 3. The minimum absolute atomic E-state index is 0.0598. The first kappa shape index (κ1) is 29.7. The van der Waals surface area contributed by atoms with E-state index in [1.54, 1.807) is 0 Å². The number of carbonyl (C=O) groups is 6. The second-order valence-electron chi connectivity index (χ2n) is 7.27. The maximum Gasteiger partial charge on any atom is 0.326 e. The van der Waals surface area contributed by atoms with Crippen LogP contribution in [0.5, 0.6) is 0 Å². The molecule has 0 aliphatic heterocycles. The molecule has 0 saturated heterocycles. The van der Waals surface area contributed by atoms with Crippen LogP contribution in [0, 0.1) is 0 Å². The highest BCUT2D eigenvalue weighted by atomic mass is 16.4. The highest BCUT2D eigenvalue weighted by molar-refractivity contribution is 5.95. The molecule has 0 rings (SSSR count). The predicted molar refractivity (Wildman–Crippen MR) is 114 cm³/mol. The molecule has 0 aromatic carbocycles. The maximum absolute atomic E-state index is 12.8. The van der Waals surface area contributed by atoms with Crippen molar-refractivity contribution in [2.24, 2.45) is 22.9 Å². The average molecular weight is 476 g/mol. The van der Waals surface area contributed by atoms with Crippen molar-refractivity contribution < 1.29 is 39.0 Å². The number of aliphatic hydroxyl groups is 1. The van der Waals surface area contributed by atoms with Crippen molar-refractivity contribution in [1.82, 2.24) is 16.0 Å². The van der Waals surface area contributed by atoms with Gasteiger partial charge in [-0.05, 0) is 32.2 Å². The van der Waals surface area contributed by atoms with Gasteiger partial charge in [-0.25, -0.2) is 4.79 Å². The van der Waals surface area contributed by atoms with E-state index in [2.05, 4.69) is 16.0 Å². The number of unbranched alkanes of at least 4 members (excludes halogenated alkanes) is 1. The summed E-state index contributed by atoms with van der Waals surface area (Å²) in [5, 5.41) is 25.0. The molecule has 188 valence electrons. The summed E-state index contributed by atoms with van der Waals surface area (Å²) in [5.74, 6) is -5.86. The molecular formula is C18H33N7O8. The molecule has 0 aliphatic rings. The standard InChI is InChI=1S/C18H33N7O8/c19-6-2-1-3-10(16(30)25-12(18(32)33)7-14(22)28)24-17(31)11(4-5-13(21)27)23-15(29)9(20)8-26/h9-12,26H,1-8,19-20H2,(H2,21,27)(H2,22,28)(H,23,29)(H,24,31)(H,25,30)(H,32,33). The SMILES string of the molecule is NCCCCC(NC(=O)C(CCC(N)=O)NC(=O)C(N)CO)C(=O)NC(CC(N)=O)C(=O)O. The van der Waals surface area contributed by atoms with Crippen molar-refractivity contribution in [2.45, 2.75) is 62.7 Å². The van der Waals surface area contributed by atoms with Crippen LogP contribution in [0.15, 0.2) is 0 Å². The Morgan fingerprint density at radius 1 is 0.758 bits per heavy atom. The lowest BCUT2D eigenvalue weighted by Gasteiger charge is -2.25. The summed E-state index contributed by atoms with van der Waals surface area (Å²) in [6.07, 6.45) is -0.226. The molecule has 0 fully saturated rings. The van der Waals surface area contributed by atoms with Gasteiger partial charge in [-0.15, -0.1) is 0 Å². The molecule has 0 heterocycles. The molecule has 0 aromatic heterocycles. The van der Waals surface area contributed by atoms with E-state index in [1.165, 1.54) is 0 Å². The van der Waals surface area contributed by atoms with Gasteiger partial charge in [-0.3, -0.25) is 24.0 Å². The van der Waals surface area contributed by atoms with Gasteiger partial charge in [0.2, 0.25) is 29.5 Å². The van der Waals surface area contributed by atoms with E-state index in [-0.39, 0.29) is 19.3 Å². The van der Waals surface area contributed by atoms with Crippen LogP contribution in [0.1, 0.15) is 38.5 Å². The van der Waals surface area contributed by atoms with Crippen molar-refractivity contribution in [3.8, 4) is 0 Å². The van der Waals surface area contributed by atoms with Crippen molar-refractivity contribution in [3.63, 3.8) is 0 Å². The number of hydrogen-bond acceptors (Lipinski definition) is 9. The Morgan fingerprint density at radius 3 is 1.73 bits per heavy atom. The Labute approximate surface area is 190 Å². The number of primary amides is 2. The third kappa shape index (κ3) is 12.4. The number of carbonyl (C=O) groups excluding carboxylic acids is 5. The minimum atomic E-state index is -1.61. The largest absolute Gasteiger partial charge is 0.480 e. The summed E-state index contributed by atoms with van der Waals surface area (Å²) in [6.45, 7) is -0.394. The van der Waals surface area contributed by atoms with Crippen LogP contribution < -0.4 is 38.9 Å². The van der Waals surface area contributed by atoms with Crippen LogP contribution in [-0.4, -0.2) is 83.0 Å². The summed E-state index contributed by atoms with van der Waals surface area (Å²) < 4.78 is 0. The lowest BCUT2D eigenvalue weighted by molar-refractivity contribution is -0.143. The number of rotatable bonds is 17. The van der Waals surface area contributed by atoms with Gasteiger partial charge in [0.1, 0.15) is 24.2 Å². The molecule has 33 heavy (non-hydrogen) atoms. The molecule has 0 saturated carbocycles. The van der Waals surface area contributed by atoms with Gasteiger partial charge in [-0.1, -0.05) is 0 Å². The summed E-state index contributed by atoms with van der Waals surface area (Å²) in [7, 11) is 0. The number of carboxylic acid groups (broad SMARTS) is 1. The minimum Gasteiger partial charge on any atom is -0.480 e. The molecule has 0 radical (unpaired) electrons. The van der Waals surface area contributed by atoms with Gasteiger partial charge >= 0.3 is 5.97 Å². The van der Waals surface area contributed by atoms with E-state index in [0.29, 0.717) is 19.4 Å². The van der Waals surface area contributed by atoms with Crippen LogP contribution in [0.2, 0.25) is 0 Å². The first-order valence-electron chi connectivity index (χ1n) is 10.2. The third-order valence-corrected chi connectivity index (χ3v) is 4.45. The fourth-order valence-electron chi connectivity index (χ4n) is 2.62. The predicted octanol–water partition coefficient (Wildman–Crippen LogP) is -4.89. The van der Waals surface area contributed by atoms with Gasteiger partial charge in [0.05, 0.1) is 13.0 Å². The normalized spacial score (nSPS) is 14.3. The van der Waals surface area contributed by atoms with Crippen molar-refractivity contribution in [2.75, 3.05) is 13.2 Å². The van der Waals surface area contributed by atoms with Gasteiger partial charge in [-0.2, -0.15) is 0 Å². The third-order valence-electron chi connectivity index (χ3n) is 4.45. The quantitative estimate of drug-likeness (QED) is 0.0903. The molecule has 15 heteroatoms. The second-order valence-corrected chi connectivity index (χ2v) is 7.27. The molecule has 13 N–H and O–H groups in total. The van der Waals surface area contributed by atoms with Gasteiger partial charge < -0.3 is 49.1 Å². The Hall–Kier alpha value is -3.30. The number of hydrogen-bond donors (Lipinski definition) is 9. The second kappa shape index (κ2) is 15.5. The Bertz CT molecular complexity index is 718. The van der Waals surface area contributed by atoms with E-state index in [4.69, 9.17) is 28.0 Å². The molecule has 0 spiro atoms. The summed E-state index contributed by atoms with van der Waals surface area (Å²) in [6, 6.07) is -5.52. The zero-order valence-corrected chi connectivity index (χ0v) is 18.1. The fourth-order valence-corrected chi connectivity index (χ4v) is 2.62. The van der Waals surface area contributed by atoms with E-state index in [1.807, 2.05) is 0 Å². The number of aliphatic hydroxyl groups excluding tert-OH is 1. The van der Waals surface area contributed by atoms with Gasteiger partial charge in [0.25, 0.3) is 0 Å². The average Bonchev–Trinajstić information content (AvgIpc) is 2.73. The van der Waals surface area contributed by atoms with Crippen molar-refractivity contribution >= 4 is 35.5 Å². The highest BCUT2D eigenvalue weighted by Crippen LogP contribution is 2.06. The summed E-state index contributed by atoms with van der Waals surface area (Å²) in [4.78, 5) is 70.9. The Kier molecular flexibility index (Phi) is 13.9. The maximum atomic E-state index is 12.8. The van der Waals surface area contributed by atoms with Crippen LogP contribution in [0.3, 0.4) is 0 Å². The highest BCUT2D eigenvalue weighted by Gasteiger charge is 2.30. The molecule has 4 unspecified atom stereocenters. The van der Waals surface area contributed by atoms with E-state index in [0.717, 1.165) is 0 Å². The smallest absolute Gasteiger partial charge is 0.326 e. The lowest BCUT2D eigenvalue weighted by atomic mass is 10.0. The van der Waals surface area contributed by atoms with Crippen molar-refractivity contribution in [3.05, 3.63) is 0 Å². The number of nitrogens with two attached hydrogens (primary N) is 4. The van der Waals surface area contributed by atoms with Crippen LogP contribution in [0.4, 0.5) is 0 Å². The summed E-state index contributed by atoms with van der Waals surface area (Å²) in [5.41, 5.74) is 21.0. The van der Waals surface area contributed by atoms with Crippen LogP contribution in [-0.2, 0) is 28.8 Å². The first-order chi connectivity index (χ1) is 15.4. The number of carboxylic acids is 1. The Morgan fingerprint density at radius 2 is 1.27 bits per heavy atom. The monoisotopic (exact) mass is 475 g/mol. The van der Waals surface area contributed by atoms with E-state index >= 15 is 0 Å². The number of aliphatic carboxylic acids is 1. The topological polar surface area (TPSA) is 283 Å². The molecule has 4 atom stereocenters. The van der Waals surface area contributed by atoms with Crippen LogP contribution >= 0.6 is 0 Å². The molecule has 0 bridgehead atoms. The summed E-state index contributed by atoms with van der Waals surface area (Å²) >= 11 is 0. The zero-order chi connectivity index (χ0) is 25.6. The van der Waals surface area contributed by atoms with Gasteiger partial charge in [0, 0.05) is 6.42 Å².